The van der Waals surface area contributed by atoms with Crippen LogP contribution in [-0.4, -0.2) is 22.8 Å². The lowest BCUT2D eigenvalue weighted by Crippen LogP contribution is -2.20. The van der Waals surface area contributed by atoms with Crippen LogP contribution in [0.15, 0.2) is 34.9 Å². The third-order valence-corrected chi connectivity index (χ3v) is 3.47. The molecule has 6 heteroatoms. The molecule has 19 heavy (non-hydrogen) atoms. The van der Waals surface area contributed by atoms with Crippen molar-refractivity contribution in [1.82, 2.24) is 9.78 Å². The first-order valence-corrected chi connectivity index (χ1v) is 6.51. The minimum absolute atomic E-state index is 0.132. The van der Waals surface area contributed by atoms with Crippen molar-refractivity contribution in [2.45, 2.75) is 13.5 Å². The van der Waals surface area contributed by atoms with Crippen LogP contribution in [0.2, 0.25) is 0 Å². The quantitative estimate of drug-likeness (QED) is 0.940. The number of nitrogens with zero attached hydrogens (tertiary/aromatic N) is 2. The van der Waals surface area contributed by atoms with Gasteiger partial charge in [0.1, 0.15) is 12.3 Å². The zero-order valence-electron chi connectivity index (χ0n) is 10.7. The van der Waals surface area contributed by atoms with Gasteiger partial charge < -0.3 is 10.1 Å². The summed E-state index contributed by atoms with van der Waals surface area (Å²) in [6.45, 7) is 2.07. The number of methoxy groups -OCH3 is 1. The summed E-state index contributed by atoms with van der Waals surface area (Å²) in [7, 11) is 1.59. The normalized spacial score (nSPS) is 10.3. The fraction of sp³-hybridized carbons (Fsp3) is 0.231. The Bertz CT molecular complexity index is 595. The van der Waals surface area contributed by atoms with Crippen LogP contribution in [0, 0.1) is 6.92 Å². The third-order valence-electron chi connectivity index (χ3n) is 2.69. The summed E-state index contributed by atoms with van der Waals surface area (Å²) < 4.78 is 7.63. The molecule has 0 unspecified atom stereocenters. The molecule has 0 atom stereocenters. The van der Waals surface area contributed by atoms with E-state index in [0.29, 0.717) is 11.4 Å². The fourth-order valence-electron chi connectivity index (χ4n) is 1.62. The molecule has 0 spiro atoms. The minimum Gasteiger partial charge on any atom is -0.497 e. The van der Waals surface area contributed by atoms with Gasteiger partial charge >= 0.3 is 0 Å². The lowest BCUT2D eigenvalue weighted by Gasteiger charge is -2.08. The lowest BCUT2D eigenvalue weighted by atomic mass is 10.3. The number of hydrogen-bond acceptors (Lipinski definition) is 3. The second-order valence-electron chi connectivity index (χ2n) is 4.02. The summed E-state index contributed by atoms with van der Waals surface area (Å²) in [4.78, 5) is 11.9. The highest BCUT2D eigenvalue weighted by molar-refractivity contribution is 9.10. The molecule has 100 valence electrons. The standard InChI is InChI=1S/C13H14BrN3O2/c1-9-12(14)7-15-17(9)8-13(18)16-10-4-3-5-11(6-10)19-2/h3-7H,8H2,1-2H3,(H,16,18). The van der Waals surface area contributed by atoms with Crippen LogP contribution in [0.4, 0.5) is 5.69 Å². The van der Waals surface area contributed by atoms with E-state index >= 15 is 0 Å². The summed E-state index contributed by atoms with van der Waals surface area (Å²) in [5.74, 6) is 0.572. The number of amides is 1. The Labute approximate surface area is 119 Å². The average Bonchev–Trinajstić information content (AvgIpc) is 2.71. The van der Waals surface area contributed by atoms with Gasteiger partial charge in [-0.2, -0.15) is 5.10 Å². The van der Waals surface area contributed by atoms with Gasteiger partial charge in [0, 0.05) is 11.8 Å². The highest BCUT2D eigenvalue weighted by Gasteiger charge is 2.09. The number of hydrogen-bond donors (Lipinski definition) is 1. The number of carbonyl (C=O) groups is 1. The van der Waals surface area contributed by atoms with E-state index in [1.165, 1.54) is 0 Å². The Morgan fingerprint density at radius 2 is 2.32 bits per heavy atom. The van der Waals surface area contributed by atoms with Gasteiger partial charge in [0.15, 0.2) is 0 Å². The zero-order chi connectivity index (χ0) is 13.8. The van der Waals surface area contributed by atoms with Crippen molar-refractivity contribution in [2.24, 2.45) is 0 Å². The van der Waals surface area contributed by atoms with Crippen LogP contribution in [0.3, 0.4) is 0 Å². The van der Waals surface area contributed by atoms with E-state index in [2.05, 4.69) is 26.3 Å². The summed E-state index contributed by atoms with van der Waals surface area (Å²) in [6, 6.07) is 7.23. The summed E-state index contributed by atoms with van der Waals surface area (Å²) in [6.07, 6.45) is 1.67. The van der Waals surface area contributed by atoms with E-state index < -0.39 is 0 Å². The monoisotopic (exact) mass is 323 g/mol. The van der Waals surface area contributed by atoms with Crippen molar-refractivity contribution < 1.29 is 9.53 Å². The maximum Gasteiger partial charge on any atom is 0.246 e. The topological polar surface area (TPSA) is 56.1 Å². The Kier molecular flexibility index (Phi) is 4.21. The van der Waals surface area contributed by atoms with E-state index in [-0.39, 0.29) is 12.5 Å². The zero-order valence-corrected chi connectivity index (χ0v) is 12.3. The first-order chi connectivity index (χ1) is 9.10. The first kappa shape index (κ1) is 13.6. The molecule has 1 heterocycles. The summed E-state index contributed by atoms with van der Waals surface area (Å²) >= 11 is 3.36. The fourth-order valence-corrected chi connectivity index (χ4v) is 1.92. The maximum absolute atomic E-state index is 11.9. The number of halogens is 1. The number of benzene rings is 1. The number of anilines is 1. The van der Waals surface area contributed by atoms with Gasteiger partial charge in [-0.1, -0.05) is 6.07 Å². The van der Waals surface area contributed by atoms with Crippen LogP contribution in [0.25, 0.3) is 0 Å². The molecular weight excluding hydrogens is 310 g/mol. The van der Waals surface area contributed by atoms with E-state index in [1.54, 1.807) is 24.1 Å². The lowest BCUT2D eigenvalue weighted by molar-refractivity contribution is -0.116. The number of ether oxygens (including phenoxy) is 1. The number of aromatic nitrogens is 2. The Hall–Kier alpha value is -1.82. The molecule has 1 aromatic carbocycles. The second kappa shape index (κ2) is 5.88. The minimum atomic E-state index is -0.132. The second-order valence-corrected chi connectivity index (χ2v) is 4.87. The molecule has 0 aliphatic carbocycles. The molecule has 0 saturated heterocycles. The van der Waals surface area contributed by atoms with Gasteiger partial charge in [-0.25, -0.2) is 0 Å². The van der Waals surface area contributed by atoms with Crippen LogP contribution >= 0.6 is 15.9 Å². The molecule has 2 aromatic rings. The highest BCUT2D eigenvalue weighted by atomic mass is 79.9. The largest absolute Gasteiger partial charge is 0.497 e. The number of rotatable bonds is 4. The number of carbonyl (C=O) groups excluding carboxylic acids is 1. The van der Waals surface area contributed by atoms with Gasteiger partial charge in [-0.15, -0.1) is 0 Å². The summed E-state index contributed by atoms with van der Waals surface area (Å²) in [5, 5.41) is 6.92. The molecule has 0 aliphatic rings. The molecule has 0 saturated carbocycles. The van der Waals surface area contributed by atoms with Gasteiger partial charge in [-0.3, -0.25) is 9.48 Å². The third kappa shape index (κ3) is 3.35. The molecule has 1 N–H and O–H groups in total. The number of nitrogens with one attached hydrogen (secondary N) is 1. The van der Waals surface area contributed by atoms with Gasteiger partial charge in [0.25, 0.3) is 0 Å². The molecule has 0 fully saturated rings. The van der Waals surface area contributed by atoms with Crippen LogP contribution in [-0.2, 0) is 11.3 Å². The van der Waals surface area contributed by atoms with E-state index in [4.69, 9.17) is 4.74 Å². The van der Waals surface area contributed by atoms with Crippen LogP contribution in [0.5, 0.6) is 5.75 Å². The van der Waals surface area contributed by atoms with Crippen molar-refractivity contribution in [2.75, 3.05) is 12.4 Å². The molecule has 1 aromatic heterocycles. The van der Waals surface area contributed by atoms with Gasteiger partial charge in [0.05, 0.1) is 23.5 Å². The Balaban J connectivity index is 2.03. The molecule has 0 aliphatic heterocycles. The predicted octanol–water partition coefficient (Wildman–Crippen LogP) is 2.60. The first-order valence-electron chi connectivity index (χ1n) is 5.72. The van der Waals surface area contributed by atoms with Gasteiger partial charge in [0.2, 0.25) is 5.91 Å². The van der Waals surface area contributed by atoms with Crippen molar-refractivity contribution in [3.05, 3.63) is 40.6 Å². The predicted molar refractivity (Wildman–Crippen MR) is 76.3 cm³/mol. The molecule has 1 amide bonds. The van der Waals surface area contributed by atoms with Gasteiger partial charge in [-0.05, 0) is 35.0 Å². The van der Waals surface area contributed by atoms with Crippen molar-refractivity contribution in [1.29, 1.82) is 0 Å². The van der Waals surface area contributed by atoms with Crippen LogP contribution < -0.4 is 10.1 Å². The maximum atomic E-state index is 11.9. The van der Waals surface area contributed by atoms with E-state index in [0.717, 1.165) is 10.2 Å². The molecule has 2 rings (SSSR count). The molecule has 0 bridgehead atoms. The smallest absolute Gasteiger partial charge is 0.246 e. The van der Waals surface area contributed by atoms with Crippen molar-refractivity contribution >= 4 is 27.5 Å². The molecular formula is C13H14BrN3O2. The average molecular weight is 324 g/mol. The van der Waals surface area contributed by atoms with E-state index in [1.807, 2.05) is 25.1 Å². The SMILES string of the molecule is COc1cccc(NC(=O)Cn2ncc(Br)c2C)c1. The Morgan fingerprint density at radius 1 is 1.53 bits per heavy atom. The molecule has 5 nitrogen and oxygen atoms in total. The highest BCUT2D eigenvalue weighted by Crippen LogP contribution is 2.17. The van der Waals surface area contributed by atoms with Crippen molar-refractivity contribution in [3.63, 3.8) is 0 Å². The van der Waals surface area contributed by atoms with E-state index in [9.17, 15) is 4.79 Å². The Morgan fingerprint density at radius 3 is 2.95 bits per heavy atom. The molecule has 0 radical (unpaired) electrons. The summed E-state index contributed by atoms with van der Waals surface area (Å²) in [5.41, 5.74) is 1.62. The van der Waals surface area contributed by atoms with Crippen LogP contribution in [0.1, 0.15) is 5.69 Å². The van der Waals surface area contributed by atoms with Crippen molar-refractivity contribution in [3.8, 4) is 5.75 Å².